The van der Waals surface area contributed by atoms with Crippen LogP contribution in [0.4, 0.5) is 0 Å². The highest BCUT2D eigenvalue weighted by molar-refractivity contribution is 5.77. The van der Waals surface area contributed by atoms with Crippen molar-refractivity contribution in [2.45, 2.75) is 18.9 Å². The molecule has 21 heavy (non-hydrogen) atoms. The number of hydrogen-bond acceptors (Lipinski definition) is 6. The molecule has 0 aromatic rings. The fraction of sp³-hybridized carbons (Fsp3) is 0.846. The molecule has 3 N–H and O–H groups in total. The molecule has 1 aliphatic rings. The Morgan fingerprint density at radius 1 is 1.10 bits per heavy atom. The average molecular weight is 304 g/mol. The Hall–Kier alpha value is -1.22. The van der Waals surface area contributed by atoms with Crippen LogP contribution in [-0.4, -0.2) is 75.8 Å². The fourth-order valence-corrected chi connectivity index (χ4v) is 1.88. The van der Waals surface area contributed by atoms with Gasteiger partial charge in [-0.05, 0) is 25.9 Å². The molecule has 0 aromatic carbocycles. The number of carboxylic acids is 1. The van der Waals surface area contributed by atoms with Crippen molar-refractivity contribution in [3.8, 4) is 0 Å². The predicted molar refractivity (Wildman–Crippen MR) is 74.1 cm³/mol. The lowest BCUT2D eigenvalue weighted by molar-refractivity contribution is -0.143. The molecule has 0 aromatic heterocycles. The molecule has 122 valence electrons. The summed E-state index contributed by atoms with van der Waals surface area (Å²) in [5.74, 6) is -1.45. The van der Waals surface area contributed by atoms with Gasteiger partial charge in [-0.3, -0.25) is 4.79 Å². The molecule has 1 aliphatic heterocycles. The summed E-state index contributed by atoms with van der Waals surface area (Å²) in [7, 11) is 0. The highest BCUT2D eigenvalue weighted by atomic mass is 16.5. The van der Waals surface area contributed by atoms with Crippen molar-refractivity contribution in [3.63, 3.8) is 0 Å². The molecular formula is C13H24N2O6. The summed E-state index contributed by atoms with van der Waals surface area (Å²) >= 11 is 0. The first-order chi connectivity index (χ1) is 10.2. The SMILES string of the molecule is O=C(O)COCC(=O)NCCOCCOC1CCNCC1. The second-order valence-electron chi connectivity index (χ2n) is 4.67. The van der Waals surface area contributed by atoms with Gasteiger partial charge >= 0.3 is 5.97 Å². The summed E-state index contributed by atoms with van der Waals surface area (Å²) in [5.41, 5.74) is 0. The van der Waals surface area contributed by atoms with Crippen molar-refractivity contribution in [3.05, 3.63) is 0 Å². The molecule has 1 amide bonds. The first-order valence-electron chi connectivity index (χ1n) is 7.15. The lowest BCUT2D eigenvalue weighted by Gasteiger charge is -2.22. The summed E-state index contributed by atoms with van der Waals surface area (Å²) in [6.07, 6.45) is 2.39. The van der Waals surface area contributed by atoms with Crippen LogP contribution >= 0.6 is 0 Å². The second kappa shape index (κ2) is 11.4. The van der Waals surface area contributed by atoms with Gasteiger partial charge < -0.3 is 30.0 Å². The van der Waals surface area contributed by atoms with Crippen LogP contribution in [0.1, 0.15) is 12.8 Å². The molecule has 1 fully saturated rings. The first kappa shape index (κ1) is 17.8. The van der Waals surface area contributed by atoms with Gasteiger partial charge in [0.05, 0.1) is 25.9 Å². The first-order valence-corrected chi connectivity index (χ1v) is 7.15. The zero-order chi connectivity index (χ0) is 15.3. The Balaban J connectivity index is 1.83. The number of piperidine rings is 1. The Labute approximate surface area is 124 Å². The van der Waals surface area contributed by atoms with Crippen LogP contribution in [0.3, 0.4) is 0 Å². The molecule has 1 heterocycles. The van der Waals surface area contributed by atoms with E-state index < -0.39 is 12.6 Å². The van der Waals surface area contributed by atoms with Gasteiger partial charge in [0, 0.05) is 6.54 Å². The van der Waals surface area contributed by atoms with E-state index >= 15 is 0 Å². The van der Waals surface area contributed by atoms with Crippen molar-refractivity contribution in [2.75, 3.05) is 52.7 Å². The molecule has 0 saturated carbocycles. The van der Waals surface area contributed by atoms with Crippen molar-refractivity contribution in [2.24, 2.45) is 0 Å². The molecule has 0 bridgehead atoms. The van der Waals surface area contributed by atoms with Gasteiger partial charge in [0.25, 0.3) is 0 Å². The van der Waals surface area contributed by atoms with Gasteiger partial charge in [-0.1, -0.05) is 0 Å². The molecule has 0 spiro atoms. The number of carboxylic acid groups (broad SMARTS) is 1. The summed E-state index contributed by atoms with van der Waals surface area (Å²) in [6, 6.07) is 0. The maximum Gasteiger partial charge on any atom is 0.329 e. The Morgan fingerprint density at radius 2 is 1.86 bits per heavy atom. The molecule has 0 aliphatic carbocycles. The van der Waals surface area contributed by atoms with Gasteiger partial charge in [-0.25, -0.2) is 4.79 Å². The van der Waals surface area contributed by atoms with Crippen molar-refractivity contribution in [1.29, 1.82) is 0 Å². The lowest BCUT2D eigenvalue weighted by Crippen LogP contribution is -2.33. The van der Waals surface area contributed by atoms with E-state index in [0.29, 0.717) is 32.5 Å². The topological polar surface area (TPSA) is 106 Å². The molecule has 0 unspecified atom stereocenters. The third-order valence-corrected chi connectivity index (χ3v) is 2.89. The number of ether oxygens (including phenoxy) is 3. The zero-order valence-electron chi connectivity index (χ0n) is 12.1. The minimum absolute atomic E-state index is 0.259. The summed E-state index contributed by atoms with van der Waals surface area (Å²) in [5, 5.41) is 14.2. The maximum atomic E-state index is 11.2. The van der Waals surface area contributed by atoms with Gasteiger partial charge in [-0.15, -0.1) is 0 Å². The number of carbonyl (C=O) groups is 2. The van der Waals surface area contributed by atoms with Crippen LogP contribution in [-0.2, 0) is 23.8 Å². The van der Waals surface area contributed by atoms with E-state index in [0.717, 1.165) is 25.9 Å². The number of hydrogen-bond donors (Lipinski definition) is 3. The van der Waals surface area contributed by atoms with Gasteiger partial charge in [0.2, 0.25) is 5.91 Å². The molecule has 0 atom stereocenters. The quantitative estimate of drug-likeness (QED) is 0.420. The van der Waals surface area contributed by atoms with Crippen LogP contribution < -0.4 is 10.6 Å². The van der Waals surface area contributed by atoms with Crippen LogP contribution in [0.25, 0.3) is 0 Å². The molecular weight excluding hydrogens is 280 g/mol. The normalized spacial score (nSPS) is 15.8. The van der Waals surface area contributed by atoms with Gasteiger partial charge in [-0.2, -0.15) is 0 Å². The molecule has 8 nitrogen and oxygen atoms in total. The van der Waals surface area contributed by atoms with Crippen molar-refractivity contribution in [1.82, 2.24) is 10.6 Å². The van der Waals surface area contributed by atoms with E-state index in [-0.39, 0.29) is 12.5 Å². The number of aliphatic carboxylic acids is 1. The Bertz CT molecular complexity index is 307. The monoisotopic (exact) mass is 304 g/mol. The molecule has 1 rings (SSSR count). The smallest absolute Gasteiger partial charge is 0.329 e. The highest BCUT2D eigenvalue weighted by Crippen LogP contribution is 2.06. The van der Waals surface area contributed by atoms with Gasteiger partial charge in [0.15, 0.2) is 0 Å². The number of carbonyl (C=O) groups excluding carboxylic acids is 1. The van der Waals surface area contributed by atoms with Crippen LogP contribution in [0.15, 0.2) is 0 Å². The zero-order valence-corrected chi connectivity index (χ0v) is 12.1. The molecule has 8 heteroatoms. The Morgan fingerprint density at radius 3 is 2.57 bits per heavy atom. The predicted octanol–water partition coefficient (Wildman–Crippen LogP) is -1.01. The van der Waals surface area contributed by atoms with Crippen molar-refractivity contribution >= 4 is 11.9 Å². The standard InChI is InChI=1S/C13H24N2O6/c16-12(9-20-10-13(17)18)15-5-6-19-7-8-21-11-1-3-14-4-2-11/h11,14H,1-10H2,(H,15,16)(H,17,18). The second-order valence-corrected chi connectivity index (χ2v) is 4.67. The molecule has 0 radical (unpaired) electrons. The number of rotatable bonds is 11. The van der Waals surface area contributed by atoms with Crippen LogP contribution in [0.2, 0.25) is 0 Å². The third-order valence-electron chi connectivity index (χ3n) is 2.89. The molecule has 1 saturated heterocycles. The Kier molecular flexibility index (Phi) is 9.71. The van der Waals surface area contributed by atoms with E-state index in [1.54, 1.807) is 0 Å². The van der Waals surface area contributed by atoms with Gasteiger partial charge in [0.1, 0.15) is 13.2 Å². The van der Waals surface area contributed by atoms with E-state index in [1.807, 2.05) is 0 Å². The summed E-state index contributed by atoms with van der Waals surface area (Å²) in [4.78, 5) is 21.4. The summed E-state index contributed by atoms with van der Waals surface area (Å²) in [6.45, 7) is 3.07. The van der Waals surface area contributed by atoms with Crippen molar-refractivity contribution < 1.29 is 28.9 Å². The lowest BCUT2D eigenvalue weighted by atomic mass is 10.1. The fourth-order valence-electron chi connectivity index (χ4n) is 1.88. The number of amides is 1. The highest BCUT2D eigenvalue weighted by Gasteiger charge is 2.12. The van der Waals surface area contributed by atoms with E-state index in [4.69, 9.17) is 14.6 Å². The van der Waals surface area contributed by atoms with Crippen LogP contribution in [0.5, 0.6) is 0 Å². The van der Waals surface area contributed by atoms with E-state index in [2.05, 4.69) is 15.4 Å². The van der Waals surface area contributed by atoms with Crippen LogP contribution in [0, 0.1) is 0 Å². The average Bonchev–Trinajstić information content (AvgIpc) is 2.47. The van der Waals surface area contributed by atoms with E-state index in [1.165, 1.54) is 0 Å². The minimum Gasteiger partial charge on any atom is -0.480 e. The maximum absolute atomic E-state index is 11.2. The largest absolute Gasteiger partial charge is 0.480 e. The van der Waals surface area contributed by atoms with E-state index in [9.17, 15) is 9.59 Å². The number of nitrogens with one attached hydrogen (secondary N) is 2. The third kappa shape index (κ3) is 10.2. The minimum atomic E-state index is -1.10. The summed E-state index contributed by atoms with van der Waals surface area (Å²) < 4.78 is 15.6.